The van der Waals surface area contributed by atoms with Gasteiger partial charge in [0, 0.05) is 25.0 Å². The fourth-order valence-corrected chi connectivity index (χ4v) is 3.96. The van der Waals surface area contributed by atoms with Crippen molar-refractivity contribution < 1.29 is 9.53 Å². The smallest absolute Gasteiger partial charge is 0.292 e. The second-order valence-electron chi connectivity index (χ2n) is 8.00. The van der Waals surface area contributed by atoms with Gasteiger partial charge in [0.2, 0.25) is 11.8 Å². The predicted molar refractivity (Wildman–Crippen MR) is 130 cm³/mol. The van der Waals surface area contributed by atoms with Gasteiger partial charge in [-0.2, -0.15) is 20.2 Å². The minimum atomic E-state index is -0.532. The van der Waals surface area contributed by atoms with Crippen molar-refractivity contribution in [1.82, 2.24) is 25.2 Å². The summed E-state index contributed by atoms with van der Waals surface area (Å²) in [5.74, 6) is 0.446. The van der Waals surface area contributed by atoms with Gasteiger partial charge in [0.1, 0.15) is 5.82 Å². The fraction of sp³-hybridized carbons (Fsp3) is 0.391. The van der Waals surface area contributed by atoms with Crippen LogP contribution in [0.15, 0.2) is 34.2 Å². The zero-order chi connectivity index (χ0) is 24.1. The van der Waals surface area contributed by atoms with E-state index in [1.54, 1.807) is 24.3 Å². The number of anilines is 2. The van der Waals surface area contributed by atoms with Crippen LogP contribution < -0.4 is 26.4 Å². The molecule has 0 unspecified atom stereocenters. The average Bonchev–Trinajstić information content (AvgIpc) is 3.39. The number of amides is 1. The highest BCUT2D eigenvalue weighted by molar-refractivity contribution is 6.05. The number of methoxy groups -OCH3 is 1. The van der Waals surface area contributed by atoms with E-state index in [0.717, 1.165) is 38.8 Å². The highest BCUT2D eigenvalue weighted by atomic mass is 16.5. The van der Waals surface area contributed by atoms with E-state index in [9.17, 15) is 9.59 Å². The molecule has 1 fully saturated rings. The predicted octanol–water partition coefficient (Wildman–Crippen LogP) is 1.94. The van der Waals surface area contributed by atoms with E-state index in [0.29, 0.717) is 28.7 Å². The van der Waals surface area contributed by atoms with Gasteiger partial charge >= 0.3 is 0 Å². The molecule has 178 valence electrons. The molecule has 0 atom stereocenters. The van der Waals surface area contributed by atoms with Crippen LogP contribution in [0.3, 0.4) is 0 Å². The third kappa shape index (κ3) is 4.68. The topological polar surface area (TPSA) is 141 Å². The Morgan fingerprint density at radius 3 is 2.68 bits per heavy atom. The van der Waals surface area contributed by atoms with Gasteiger partial charge < -0.3 is 15.4 Å². The maximum atomic E-state index is 13.0. The highest BCUT2D eigenvalue weighted by Crippen LogP contribution is 2.28. The summed E-state index contributed by atoms with van der Waals surface area (Å²) >= 11 is 0. The molecule has 0 aliphatic carbocycles. The van der Waals surface area contributed by atoms with Gasteiger partial charge in [0.05, 0.1) is 24.3 Å². The lowest BCUT2D eigenvalue weighted by Crippen LogP contribution is -2.29. The lowest BCUT2D eigenvalue weighted by molar-refractivity contribution is 0.0949. The van der Waals surface area contributed by atoms with Crippen LogP contribution in [0.5, 0.6) is 5.88 Å². The van der Waals surface area contributed by atoms with Crippen LogP contribution in [0, 0.1) is 0 Å². The molecule has 0 saturated carbocycles. The molecule has 0 spiro atoms. The summed E-state index contributed by atoms with van der Waals surface area (Å²) in [5.41, 5.74) is 8.80. The van der Waals surface area contributed by atoms with Crippen LogP contribution in [0.1, 0.15) is 48.7 Å². The van der Waals surface area contributed by atoms with Crippen LogP contribution in [0.25, 0.3) is 10.8 Å². The van der Waals surface area contributed by atoms with Gasteiger partial charge in [-0.05, 0) is 25.3 Å². The number of hydrazone groups is 1. The van der Waals surface area contributed by atoms with E-state index in [2.05, 4.69) is 30.5 Å². The lowest BCUT2D eigenvalue weighted by atomic mass is 10.1. The van der Waals surface area contributed by atoms with E-state index in [-0.39, 0.29) is 23.1 Å². The molecule has 1 aliphatic rings. The summed E-state index contributed by atoms with van der Waals surface area (Å²) in [4.78, 5) is 36.4. The first-order valence-electron chi connectivity index (χ1n) is 11.3. The van der Waals surface area contributed by atoms with E-state index in [1.165, 1.54) is 18.0 Å². The van der Waals surface area contributed by atoms with E-state index < -0.39 is 5.91 Å². The molecule has 1 aliphatic heterocycles. The first-order chi connectivity index (χ1) is 16.5. The zero-order valence-electron chi connectivity index (χ0n) is 19.3. The normalized spacial score (nSPS) is 13.6. The number of nitrogen functional groups attached to an aromatic ring is 1. The molecule has 11 nitrogen and oxygen atoms in total. The van der Waals surface area contributed by atoms with Crippen molar-refractivity contribution >= 4 is 34.7 Å². The number of unbranched alkanes of at least 4 members (excludes halogenated alkanes) is 1. The highest BCUT2D eigenvalue weighted by Gasteiger charge is 2.22. The molecule has 1 aromatic carbocycles. The Morgan fingerprint density at radius 2 is 1.97 bits per heavy atom. The number of hydrogen-bond donors (Lipinski definition) is 2. The number of fused-ring (bicyclic) bond motifs is 1. The van der Waals surface area contributed by atoms with E-state index in [4.69, 9.17) is 10.5 Å². The number of rotatable bonds is 8. The number of nitrogens with two attached hydrogens (primary N) is 1. The second-order valence-corrected chi connectivity index (χ2v) is 8.00. The number of aromatic nitrogens is 4. The van der Waals surface area contributed by atoms with Crippen molar-refractivity contribution in [2.24, 2.45) is 5.10 Å². The molecule has 2 aromatic heterocycles. The Bertz CT molecular complexity index is 1280. The molecule has 3 N–H and O–H groups in total. The van der Waals surface area contributed by atoms with Crippen LogP contribution >= 0.6 is 0 Å². The number of aryl methyl sites for hydroxylation is 1. The average molecular weight is 465 g/mol. The van der Waals surface area contributed by atoms with Crippen molar-refractivity contribution in [3.63, 3.8) is 0 Å². The van der Waals surface area contributed by atoms with Crippen LogP contribution in [0.4, 0.5) is 11.8 Å². The van der Waals surface area contributed by atoms with Crippen LogP contribution in [-0.2, 0) is 6.54 Å². The standard InChI is InChI=1S/C23H28N8O3/c1-3-4-13-31-22(33)16-10-6-5-9-15(16)18(29-31)20(32)28-25-14-17-19(30-11-7-8-12-30)26-23(24)27-21(17)34-2/h5-6,9-10,14H,3-4,7-8,11-13H2,1-2H3,(H,28,32)(H2,24,26,27)/b25-14+. The number of carbonyl (C=O) groups is 1. The first-order valence-corrected chi connectivity index (χ1v) is 11.3. The van der Waals surface area contributed by atoms with Gasteiger partial charge in [0.25, 0.3) is 11.5 Å². The summed E-state index contributed by atoms with van der Waals surface area (Å²) in [6.07, 6.45) is 5.22. The number of carbonyl (C=O) groups excluding carboxylic acids is 1. The van der Waals surface area contributed by atoms with Crippen molar-refractivity contribution in [1.29, 1.82) is 0 Å². The summed E-state index contributed by atoms with van der Waals surface area (Å²) in [7, 11) is 1.49. The van der Waals surface area contributed by atoms with Gasteiger partial charge in [-0.25, -0.2) is 10.1 Å². The molecule has 4 rings (SSSR count). The molecular formula is C23H28N8O3. The summed E-state index contributed by atoms with van der Waals surface area (Å²) in [6, 6.07) is 6.93. The second kappa shape index (κ2) is 10.3. The molecular weight excluding hydrogens is 436 g/mol. The van der Waals surface area contributed by atoms with Crippen molar-refractivity contribution in [3.05, 3.63) is 45.9 Å². The fourth-order valence-electron chi connectivity index (χ4n) is 3.96. The van der Waals surface area contributed by atoms with Gasteiger partial charge in [-0.3, -0.25) is 9.59 Å². The Labute approximate surface area is 196 Å². The first kappa shape index (κ1) is 23.1. The van der Waals surface area contributed by atoms with Gasteiger partial charge in [0.15, 0.2) is 5.69 Å². The molecule has 3 aromatic rings. The van der Waals surface area contributed by atoms with E-state index >= 15 is 0 Å². The van der Waals surface area contributed by atoms with E-state index in [1.807, 2.05) is 6.92 Å². The van der Waals surface area contributed by atoms with Gasteiger partial charge in [-0.1, -0.05) is 31.5 Å². The largest absolute Gasteiger partial charge is 0.480 e. The maximum absolute atomic E-state index is 13.0. The molecule has 1 saturated heterocycles. The van der Waals surface area contributed by atoms with Crippen LogP contribution in [-0.4, -0.2) is 52.1 Å². The Hall–Kier alpha value is -4.02. The van der Waals surface area contributed by atoms with Crippen LogP contribution in [0.2, 0.25) is 0 Å². The van der Waals surface area contributed by atoms with Crippen molar-refractivity contribution in [2.75, 3.05) is 30.8 Å². The zero-order valence-corrected chi connectivity index (χ0v) is 19.3. The number of benzene rings is 1. The number of nitrogens with one attached hydrogen (secondary N) is 1. The lowest BCUT2D eigenvalue weighted by Gasteiger charge is -2.19. The SMILES string of the molecule is CCCCn1nc(C(=O)N/N=C/c2c(OC)nc(N)nc2N2CCCC2)c2ccccc2c1=O. The molecule has 34 heavy (non-hydrogen) atoms. The van der Waals surface area contributed by atoms with Crippen molar-refractivity contribution in [3.8, 4) is 5.88 Å². The molecule has 3 heterocycles. The third-order valence-electron chi connectivity index (χ3n) is 5.67. The summed E-state index contributed by atoms with van der Waals surface area (Å²) in [5, 5.41) is 9.37. The maximum Gasteiger partial charge on any atom is 0.292 e. The van der Waals surface area contributed by atoms with Crippen molar-refractivity contribution in [2.45, 2.75) is 39.2 Å². The number of ether oxygens (including phenoxy) is 1. The van der Waals surface area contributed by atoms with Gasteiger partial charge in [-0.15, -0.1) is 0 Å². The molecule has 11 heteroatoms. The monoisotopic (exact) mass is 464 g/mol. The molecule has 0 radical (unpaired) electrons. The Kier molecular flexibility index (Phi) is 7.00. The number of nitrogens with zero attached hydrogens (tertiary/aromatic N) is 6. The quantitative estimate of drug-likeness (QED) is 0.381. The Morgan fingerprint density at radius 1 is 1.24 bits per heavy atom. The molecule has 1 amide bonds. The number of hydrogen-bond acceptors (Lipinski definition) is 9. The minimum Gasteiger partial charge on any atom is -0.480 e. The Balaban J connectivity index is 1.65. The minimum absolute atomic E-state index is 0.102. The summed E-state index contributed by atoms with van der Waals surface area (Å²) in [6.45, 7) is 4.13. The third-order valence-corrected chi connectivity index (χ3v) is 5.67. The summed E-state index contributed by atoms with van der Waals surface area (Å²) < 4.78 is 6.72. The molecule has 0 bridgehead atoms.